The van der Waals surface area contributed by atoms with Crippen molar-refractivity contribution in [3.05, 3.63) is 18.2 Å². The molecule has 11 nitrogen and oxygen atoms in total. The number of aliphatic carboxylic acids is 1. The van der Waals surface area contributed by atoms with Gasteiger partial charge in [0.1, 0.15) is 18.1 Å². The Labute approximate surface area is 211 Å². The van der Waals surface area contributed by atoms with E-state index < -0.39 is 47.9 Å². The fourth-order valence-corrected chi connectivity index (χ4v) is 3.90. The molecule has 0 saturated heterocycles. The Hall–Kier alpha value is -2.60. The van der Waals surface area contributed by atoms with E-state index in [2.05, 4.69) is 25.9 Å². The molecule has 35 heavy (non-hydrogen) atoms. The number of nitrogens with two attached hydrogens (primary N) is 1. The predicted octanol–water partition coefficient (Wildman–Crippen LogP) is 0.664. The quantitative estimate of drug-likeness (QED) is 0.187. The molecule has 0 bridgehead atoms. The number of amides is 3. The zero-order valence-corrected chi connectivity index (χ0v) is 22.0. The third-order valence-electron chi connectivity index (χ3n) is 5.69. The van der Waals surface area contributed by atoms with Crippen LogP contribution < -0.4 is 21.7 Å². The molecule has 0 aromatic carbocycles. The summed E-state index contributed by atoms with van der Waals surface area (Å²) in [5.74, 6) is -2.27. The first kappa shape index (κ1) is 30.4. The van der Waals surface area contributed by atoms with E-state index in [4.69, 9.17) is 5.73 Å². The van der Waals surface area contributed by atoms with Crippen LogP contribution in [0.4, 0.5) is 0 Å². The second kappa shape index (κ2) is 15.4. The van der Waals surface area contributed by atoms with E-state index in [0.717, 1.165) is 0 Å². The van der Waals surface area contributed by atoms with Crippen molar-refractivity contribution in [3.63, 3.8) is 0 Å². The van der Waals surface area contributed by atoms with Crippen LogP contribution in [0.15, 0.2) is 12.5 Å². The number of carboxylic acids is 1. The maximum atomic E-state index is 13.2. The number of rotatable bonds is 16. The van der Waals surface area contributed by atoms with Crippen molar-refractivity contribution >= 4 is 35.5 Å². The molecule has 198 valence electrons. The zero-order valence-electron chi connectivity index (χ0n) is 21.2. The number of nitrogens with zero attached hydrogens (tertiary/aromatic N) is 1. The van der Waals surface area contributed by atoms with Crippen LogP contribution >= 0.6 is 11.8 Å². The van der Waals surface area contributed by atoms with Crippen LogP contribution in [0.1, 0.15) is 52.7 Å². The van der Waals surface area contributed by atoms with Gasteiger partial charge in [-0.25, -0.2) is 9.78 Å². The number of H-pyrrole nitrogens is 1. The number of aromatic nitrogens is 2. The van der Waals surface area contributed by atoms with Gasteiger partial charge < -0.3 is 31.8 Å². The van der Waals surface area contributed by atoms with E-state index >= 15 is 0 Å². The summed E-state index contributed by atoms with van der Waals surface area (Å²) in [5, 5.41) is 17.5. The molecule has 0 fully saturated rings. The SMILES string of the molecule is CCC(C)C(NC(=O)C(CCSC)NC(=O)C(Cc1cnc[nH]1)NC(=O)C(N)CC(C)C)C(=O)O. The van der Waals surface area contributed by atoms with E-state index in [0.29, 0.717) is 30.7 Å². The van der Waals surface area contributed by atoms with E-state index in [1.807, 2.05) is 27.0 Å². The number of hydrogen-bond acceptors (Lipinski definition) is 7. The molecular formula is C23H40N6O5S. The first-order chi connectivity index (χ1) is 16.5. The molecule has 5 atom stereocenters. The van der Waals surface area contributed by atoms with Gasteiger partial charge in [-0.3, -0.25) is 14.4 Å². The van der Waals surface area contributed by atoms with Gasteiger partial charge in [-0.15, -0.1) is 0 Å². The van der Waals surface area contributed by atoms with Crippen molar-refractivity contribution in [3.8, 4) is 0 Å². The lowest BCUT2D eigenvalue weighted by molar-refractivity contribution is -0.143. The van der Waals surface area contributed by atoms with Crippen molar-refractivity contribution < 1.29 is 24.3 Å². The minimum atomic E-state index is -1.13. The highest BCUT2D eigenvalue weighted by Crippen LogP contribution is 2.10. The lowest BCUT2D eigenvalue weighted by Gasteiger charge is -2.26. The summed E-state index contributed by atoms with van der Waals surface area (Å²) in [6.45, 7) is 7.47. The zero-order chi connectivity index (χ0) is 26.5. The van der Waals surface area contributed by atoms with Gasteiger partial charge in [0.05, 0.1) is 12.4 Å². The summed E-state index contributed by atoms with van der Waals surface area (Å²) in [6.07, 6.45) is 6.31. The molecule has 0 radical (unpaired) electrons. The van der Waals surface area contributed by atoms with Crippen LogP contribution in [-0.2, 0) is 25.6 Å². The fourth-order valence-electron chi connectivity index (χ4n) is 3.43. The molecule has 1 aromatic heterocycles. The first-order valence-electron chi connectivity index (χ1n) is 11.9. The summed E-state index contributed by atoms with van der Waals surface area (Å²) < 4.78 is 0. The summed E-state index contributed by atoms with van der Waals surface area (Å²) in [5.41, 5.74) is 6.61. The summed E-state index contributed by atoms with van der Waals surface area (Å²) >= 11 is 1.50. The summed E-state index contributed by atoms with van der Waals surface area (Å²) in [6, 6.07) is -3.83. The molecule has 0 aliphatic heterocycles. The Bertz CT molecular complexity index is 819. The molecule has 3 amide bonds. The van der Waals surface area contributed by atoms with Gasteiger partial charge in [0.2, 0.25) is 17.7 Å². The smallest absolute Gasteiger partial charge is 0.326 e. The van der Waals surface area contributed by atoms with Gasteiger partial charge in [0.15, 0.2) is 0 Å². The predicted molar refractivity (Wildman–Crippen MR) is 136 cm³/mol. The monoisotopic (exact) mass is 512 g/mol. The van der Waals surface area contributed by atoms with Gasteiger partial charge in [0.25, 0.3) is 0 Å². The average Bonchev–Trinajstić information content (AvgIpc) is 3.31. The molecule has 1 rings (SSSR count). The number of imidazole rings is 1. The van der Waals surface area contributed by atoms with Crippen LogP contribution in [0.2, 0.25) is 0 Å². The third kappa shape index (κ3) is 10.7. The standard InChI is InChI=1S/C23H40N6O5S/c1-6-14(4)19(23(33)34)29-21(31)17(7-8-35-5)27-22(32)18(10-15-11-25-12-26-15)28-20(30)16(24)9-13(2)3/h11-14,16-19H,6-10,24H2,1-5H3,(H,25,26)(H,27,32)(H,28,30)(H,29,31)(H,33,34). The highest BCUT2D eigenvalue weighted by atomic mass is 32.2. The normalized spacial score (nSPS) is 15.5. The number of hydrogen-bond donors (Lipinski definition) is 6. The molecule has 12 heteroatoms. The lowest BCUT2D eigenvalue weighted by Crippen LogP contribution is -2.58. The molecule has 0 saturated carbocycles. The number of carboxylic acid groups (broad SMARTS) is 1. The molecule has 7 N–H and O–H groups in total. The van der Waals surface area contributed by atoms with Gasteiger partial charge >= 0.3 is 5.97 Å². The first-order valence-corrected chi connectivity index (χ1v) is 13.2. The topological polar surface area (TPSA) is 179 Å². The van der Waals surface area contributed by atoms with Crippen molar-refractivity contribution in [2.75, 3.05) is 12.0 Å². The largest absolute Gasteiger partial charge is 0.480 e. The van der Waals surface area contributed by atoms with E-state index in [9.17, 15) is 24.3 Å². The molecule has 5 unspecified atom stereocenters. The number of nitrogens with one attached hydrogen (secondary N) is 4. The highest BCUT2D eigenvalue weighted by Gasteiger charge is 2.32. The van der Waals surface area contributed by atoms with Crippen LogP contribution in [0.3, 0.4) is 0 Å². The number of carbonyl (C=O) groups excluding carboxylic acids is 3. The highest BCUT2D eigenvalue weighted by molar-refractivity contribution is 7.98. The lowest BCUT2D eigenvalue weighted by atomic mass is 9.98. The van der Waals surface area contributed by atoms with Gasteiger partial charge in [-0.05, 0) is 36.7 Å². The number of thioether (sulfide) groups is 1. The summed E-state index contributed by atoms with van der Waals surface area (Å²) in [7, 11) is 0. The second-order valence-corrected chi connectivity index (χ2v) is 10.1. The fraction of sp³-hybridized carbons (Fsp3) is 0.696. The minimum Gasteiger partial charge on any atom is -0.480 e. The Morgan fingerprint density at radius 3 is 2.23 bits per heavy atom. The van der Waals surface area contributed by atoms with Crippen molar-refractivity contribution in [1.29, 1.82) is 0 Å². The Morgan fingerprint density at radius 2 is 1.71 bits per heavy atom. The Kier molecular flexibility index (Phi) is 13.4. The molecule has 0 aliphatic carbocycles. The Balaban J connectivity index is 3.04. The van der Waals surface area contributed by atoms with Gasteiger partial charge in [-0.1, -0.05) is 34.1 Å². The molecule has 1 aromatic rings. The van der Waals surface area contributed by atoms with Crippen LogP contribution in [0.25, 0.3) is 0 Å². The summed E-state index contributed by atoms with van der Waals surface area (Å²) in [4.78, 5) is 57.4. The van der Waals surface area contributed by atoms with E-state index in [-0.39, 0.29) is 18.3 Å². The number of aromatic amines is 1. The maximum absolute atomic E-state index is 13.2. The third-order valence-corrected chi connectivity index (χ3v) is 6.34. The van der Waals surface area contributed by atoms with Crippen molar-refractivity contribution in [1.82, 2.24) is 25.9 Å². The van der Waals surface area contributed by atoms with E-state index in [1.54, 1.807) is 13.1 Å². The molecular weight excluding hydrogens is 472 g/mol. The maximum Gasteiger partial charge on any atom is 0.326 e. The molecule has 0 aliphatic rings. The number of carbonyl (C=O) groups is 4. The average molecular weight is 513 g/mol. The van der Waals surface area contributed by atoms with E-state index in [1.165, 1.54) is 18.1 Å². The molecule has 0 spiro atoms. The van der Waals surface area contributed by atoms with Crippen molar-refractivity contribution in [2.45, 2.75) is 77.5 Å². The second-order valence-electron chi connectivity index (χ2n) is 9.13. The minimum absolute atomic E-state index is 0.119. The van der Waals surface area contributed by atoms with Crippen molar-refractivity contribution in [2.24, 2.45) is 17.6 Å². The van der Waals surface area contributed by atoms with Crippen LogP contribution in [0, 0.1) is 11.8 Å². The Morgan fingerprint density at radius 1 is 1.09 bits per heavy atom. The van der Waals surface area contributed by atoms with Crippen LogP contribution in [0.5, 0.6) is 0 Å². The van der Waals surface area contributed by atoms with Gasteiger partial charge in [0, 0.05) is 18.3 Å². The van der Waals surface area contributed by atoms with Gasteiger partial charge in [-0.2, -0.15) is 11.8 Å². The molecule has 1 heterocycles. The van der Waals surface area contributed by atoms with Crippen LogP contribution in [-0.4, -0.2) is 74.9 Å².